The molecule has 0 amide bonds. The maximum atomic E-state index is 11.1. The highest BCUT2D eigenvalue weighted by Crippen LogP contribution is 2.41. The largest absolute Gasteiger partial charge is 0.489 e. The summed E-state index contributed by atoms with van der Waals surface area (Å²) < 4.78 is 5.94. The van der Waals surface area contributed by atoms with Gasteiger partial charge in [0, 0.05) is 31.7 Å². The van der Waals surface area contributed by atoms with Crippen LogP contribution in [0.3, 0.4) is 0 Å². The van der Waals surface area contributed by atoms with Crippen LogP contribution in [-0.2, 0) is 0 Å². The first-order valence-corrected chi connectivity index (χ1v) is 9.14. The third kappa shape index (κ3) is 3.06. The minimum absolute atomic E-state index is 0.111. The summed E-state index contributed by atoms with van der Waals surface area (Å²) in [7, 11) is 2.20. The molecular weight excluding hydrogens is 320 g/mol. The van der Waals surface area contributed by atoms with Crippen molar-refractivity contribution in [1.29, 1.82) is 0 Å². The van der Waals surface area contributed by atoms with Gasteiger partial charge in [-0.05, 0) is 45.5 Å². The first-order chi connectivity index (χ1) is 12.0. The molecule has 2 saturated heterocycles. The molecule has 1 atom stereocenters. The number of ether oxygens (including phenoxy) is 1. The maximum absolute atomic E-state index is 11.1. The number of non-ortho nitro benzene ring substituents is 1. The Labute approximate surface area is 148 Å². The molecule has 136 valence electrons. The molecule has 1 aromatic carbocycles. The zero-order chi connectivity index (χ0) is 17.6. The normalized spacial score (nSPS) is 25.2. The van der Waals surface area contributed by atoms with E-state index < -0.39 is 0 Å². The fourth-order valence-electron chi connectivity index (χ4n) is 4.51. The molecule has 0 aromatic heterocycles. The highest BCUT2D eigenvalue weighted by atomic mass is 16.6. The quantitative estimate of drug-likeness (QED) is 0.602. The number of nitrogens with zero attached hydrogens (tertiary/aromatic N) is 4. The minimum Gasteiger partial charge on any atom is -0.489 e. The van der Waals surface area contributed by atoms with E-state index in [1.807, 2.05) is 6.92 Å². The summed E-state index contributed by atoms with van der Waals surface area (Å²) in [6.45, 7) is 7.95. The summed E-state index contributed by atoms with van der Waals surface area (Å²) in [5.74, 6) is 0.663. The lowest BCUT2D eigenvalue weighted by Gasteiger charge is -2.49. The van der Waals surface area contributed by atoms with Gasteiger partial charge in [-0.15, -0.1) is 0 Å². The SMILES string of the molecule is Cc1cc([N+](=O)[O-])cc2c1N1CCN(C3CCN(C)CC3)C[C@@H]1CO2. The van der Waals surface area contributed by atoms with E-state index in [-0.39, 0.29) is 10.6 Å². The van der Waals surface area contributed by atoms with Crippen LogP contribution in [0.1, 0.15) is 18.4 Å². The first-order valence-electron chi connectivity index (χ1n) is 9.14. The van der Waals surface area contributed by atoms with Crippen molar-refractivity contribution in [2.45, 2.75) is 31.8 Å². The fraction of sp³-hybridized carbons (Fsp3) is 0.667. The van der Waals surface area contributed by atoms with Crippen LogP contribution in [0.2, 0.25) is 0 Å². The summed E-state index contributed by atoms with van der Waals surface area (Å²) in [6, 6.07) is 4.24. The maximum Gasteiger partial charge on any atom is 0.273 e. The molecular formula is C18H26N4O3. The second-order valence-electron chi connectivity index (χ2n) is 7.55. The molecule has 3 aliphatic heterocycles. The zero-order valence-corrected chi connectivity index (χ0v) is 15.0. The third-order valence-corrected chi connectivity index (χ3v) is 5.90. The van der Waals surface area contributed by atoms with E-state index in [9.17, 15) is 10.1 Å². The van der Waals surface area contributed by atoms with Crippen molar-refractivity contribution < 1.29 is 9.66 Å². The lowest BCUT2D eigenvalue weighted by Crippen LogP contribution is -2.60. The number of nitro groups is 1. The molecule has 0 unspecified atom stereocenters. The molecule has 2 fully saturated rings. The topological polar surface area (TPSA) is 62.1 Å². The number of anilines is 1. The lowest BCUT2D eigenvalue weighted by atomic mass is 9.99. The molecule has 3 aliphatic rings. The van der Waals surface area contributed by atoms with Crippen molar-refractivity contribution in [3.63, 3.8) is 0 Å². The minimum atomic E-state index is -0.346. The lowest BCUT2D eigenvalue weighted by molar-refractivity contribution is -0.385. The molecule has 1 aromatic rings. The van der Waals surface area contributed by atoms with Crippen LogP contribution in [0, 0.1) is 17.0 Å². The number of nitro benzene ring substituents is 1. The van der Waals surface area contributed by atoms with Crippen LogP contribution in [0.5, 0.6) is 5.75 Å². The van der Waals surface area contributed by atoms with E-state index in [1.165, 1.54) is 25.9 Å². The zero-order valence-electron chi connectivity index (χ0n) is 15.0. The van der Waals surface area contributed by atoms with Crippen LogP contribution < -0.4 is 9.64 Å². The van der Waals surface area contributed by atoms with Gasteiger partial charge in [0.2, 0.25) is 0 Å². The summed E-state index contributed by atoms with van der Waals surface area (Å²) in [4.78, 5) is 18.2. The van der Waals surface area contributed by atoms with E-state index in [1.54, 1.807) is 12.1 Å². The highest BCUT2D eigenvalue weighted by molar-refractivity contribution is 5.69. The summed E-state index contributed by atoms with van der Waals surface area (Å²) in [6.07, 6.45) is 2.48. The van der Waals surface area contributed by atoms with E-state index in [2.05, 4.69) is 21.7 Å². The van der Waals surface area contributed by atoms with Gasteiger partial charge in [-0.1, -0.05) is 0 Å². The highest BCUT2D eigenvalue weighted by Gasteiger charge is 2.37. The van der Waals surface area contributed by atoms with Crippen LogP contribution in [0.4, 0.5) is 11.4 Å². The van der Waals surface area contributed by atoms with Gasteiger partial charge < -0.3 is 14.5 Å². The van der Waals surface area contributed by atoms with Gasteiger partial charge in [0.25, 0.3) is 5.69 Å². The van der Waals surface area contributed by atoms with Gasteiger partial charge in [-0.25, -0.2) is 0 Å². The Balaban J connectivity index is 1.51. The molecule has 0 spiro atoms. The molecule has 25 heavy (non-hydrogen) atoms. The number of piperazine rings is 1. The predicted molar refractivity (Wildman–Crippen MR) is 96.6 cm³/mol. The van der Waals surface area contributed by atoms with Gasteiger partial charge in [0.1, 0.15) is 12.4 Å². The Bertz CT molecular complexity index is 673. The molecule has 0 aliphatic carbocycles. The molecule has 7 nitrogen and oxygen atoms in total. The Morgan fingerprint density at radius 2 is 1.92 bits per heavy atom. The van der Waals surface area contributed by atoms with Gasteiger partial charge in [-0.2, -0.15) is 0 Å². The van der Waals surface area contributed by atoms with Gasteiger partial charge >= 0.3 is 0 Å². The third-order valence-electron chi connectivity index (χ3n) is 5.90. The second-order valence-corrected chi connectivity index (χ2v) is 7.55. The molecule has 4 rings (SSSR count). The number of fused-ring (bicyclic) bond motifs is 3. The number of piperidine rings is 1. The van der Waals surface area contributed by atoms with Crippen LogP contribution in [0.25, 0.3) is 0 Å². The van der Waals surface area contributed by atoms with Crippen molar-refractivity contribution in [3.8, 4) is 5.75 Å². The summed E-state index contributed by atoms with van der Waals surface area (Å²) in [5, 5.41) is 11.1. The molecule has 0 N–H and O–H groups in total. The summed E-state index contributed by atoms with van der Waals surface area (Å²) >= 11 is 0. The molecule has 3 heterocycles. The van der Waals surface area contributed by atoms with Crippen LogP contribution in [0.15, 0.2) is 12.1 Å². The number of hydrogen-bond donors (Lipinski definition) is 0. The Kier molecular flexibility index (Phi) is 4.29. The average Bonchev–Trinajstić information content (AvgIpc) is 2.61. The van der Waals surface area contributed by atoms with Crippen LogP contribution in [-0.4, -0.2) is 73.2 Å². The number of aryl methyl sites for hydroxylation is 1. The standard InChI is InChI=1S/C18H26N4O3/c1-13-9-15(22(23)24)10-17-18(13)21-8-7-20(11-16(21)12-25-17)14-3-5-19(2)6-4-14/h9-10,14,16H,3-8,11-12H2,1-2H3/t16-/m1/s1. The van der Waals surface area contributed by atoms with Gasteiger partial charge in [0.15, 0.2) is 0 Å². The first kappa shape index (κ1) is 16.6. The fourth-order valence-corrected chi connectivity index (χ4v) is 4.51. The van der Waals surface area contributed by atoms with E-state index in [0.717, 1.165) is 30.9 Å². The van der Waals surface area contributed by atoms with Crippen molar-refractivity contribution >= 4 is 11.4 Å². The van der Waals surface area contributed by atoms with E-state index >= 15 is 0 Å². The number of likely N-dealkylation sites (tertiary alicyclic amines) is 1. The number of hydrogen-bond acceptors (Lipinski definition) is 6. The van der Waals surface area contributed by atoms with Gasteiger partial charge in [-0.3, -0.25) is 15.0 Å². The van der Waals surface area contributed by atoms with Crippen molar-refractivity contribution in [2.75, 3.05) is 51.3 Å². The van der Waals surface area contributed by atoms with Gasteiger partial charge in [0.05, 0.1) is 22.7 Å². The molecule has 0 saturated carbocycles. The molecule has 7 heteroatoms. The second kappa shape index (κ2) is 6.46. The van der Waals surface area contributed by atoms with Crippen molar-refractivity contribution in [1.82, 2.24) is 9.80 Å². The van der Waals surface area contributed by atoms with Crippen LogP contribution >= 0.6 is 0 Å². The predicted octanol–water partition coefficient (Wildman–Crippen LogP) is 1.88. The number of rotatable bonds is 2. The Morgan fingerprint density at radius 1 is 1.16 bits per heavy atom. The summed E-state index contributed by atoms with van der Waals surface area (Å²) in [5.41, 5.74) is 2.09. The molecule has 0 bridgehead atoms. The smallest absolute Gasteiger partial charge is 0.273 e. The van der Waals surface area contributed by atoms with E-state index in [4.69, 9.17) is 4.74 Å². The number of benzene rings is 1. The Morgan fingerprint density at radius 3 is 2.64 bits per heavy atom. The van der Waals surface area contributed by atoms with Crippen molar-refractivity contribution in [2.24, 2.45) is 0 Å². The average molecular weight is 346 g/mol. The van der Waals surface area contributed by atoms with Crippen molar-refractivity contribution in [3.05, 3.63) is 27.8 Å². The van der Waals surface area contributed by atoms with E-state index in [0.29, 0.717) is 24.4 Å². The monoisotopic (exact) mass is 346 g/mol. The Hall–Kier alpha value is -1.86. The molecule has 0 radical (unpaired) electrons.